The average Bonchev–Trinajstić information content (AvgIpc) is 2.86. The second kappa shape index (κ2) is 6.39. The smallest absolute Gasteiger partial charge is 0.263 e. The van der Waals surface area contributed by atoms with Crippen molar-refractivity contribution in [2.75, 3.05) is 4.72 Å². The number of rotatable bonds is 6. The van der Waals surface area contributed by atoms with Crippen LogP contribution in [-0.4, -0.2) is 14.5 Å². The highest BCUT2D eigenvalue weighted by atomic mass is 32.2. The van der Waals surface area contributed by atoms with Crippen molar-refractivity contribution >= 4 is 27.0 Å². The van der Waals surface area contributed by atoms with Crippen molar-refractivity contribution in [2.24, 2.45) is 0 Å². The molecule has 0 fully saturated rings. The lowest BCUT2D eigenvalue weighted by Gasteiger charge is -2.11. The minimum Gasteiger partial charge on any atom is -0.310 e. The van der Waals surface area contributed by atoms with Crippen LogP contribution >= 0.6 is 11.3 Å². The summed E-state index contributed by atoms with van der Waals surface area (Å²) in [5.74, 6) is 0. The average molecular weight is 310 g/mol. The summed E-state index contributed by atoms with van der Waals surface area (Å²) in [6, 6.07) is 10.9. The molecule has 1 aromatic carbocycles. The monoisotopic (exact) mass is 310 g/mol. The van der Waals surface area contributed by atoms with Crippen molar-refractivity contribution in [3.63, 3.8) is 0 Å². The summed E-state index contributed by atoms with van der Waals surface area (Å²) in [7, 11) is -3.53. The van der Waals surface area contributed by atoms with E-state index in [0.29, 0.717) is 23.2 Å². The van der Waals surface area contributed by atoms with Crippen LogP contribution in [0, 0.1) is 0 Å². The van der Waals surface area contributed by atoms with Gasteiger partial charge in [-0.2, -0.15) is 0 Å². The fraction of sp³-hybridized carbons (Fsp3) is 0.286. The van der Waals surface area contributed by atoms with Gasteiger partial charge in [-0.3, -0.25) is 4.72 Å². The lowest BCUT2D eigenvalue weighted by molar-refractivity contribution is 0.581. The van der Waals surface area contributed by atoms with Crippen LogP contribution in [0.15, 0.2) is 46.7 Å². The highest BCUT2D eigenvalue weighted by Gasteiger charge is 2.19. The lowest BCUT2D eigenvalue weighted by atomic mass is 10.3. The van der Waals surface area contributed by atoms with Crippen LogP contribution in [0.1, 0.15) is 18.7 Å². The van der Waals surface area contributed by atoms with E-state index in [0.717, 1.165) is 4.88 Å². The summed E-state index contributed by atoms with van der Waals surface area (Å²) >= 11 is 1.45. The second-order valence-corrected chi connectivity index (χ2v) is 7.37. The SMILES string of the molecule is CC(C)NCc1sccc1S(=O)(=O)Nc1ccccc1. The molecule has 20 heavy (non-hydrogen) atoms. The number of hydrogen-bond donors (Lipinski definition) is 2. The Balaban J connectivity index is 2.20. The molecular weight excluding hydrogens is 292 g/mol. The number of anilines is 1. The van der Waals surface area contributed by atoms with Gasteiger partial charge in [-0.15, -0.1) is 11.3 Å². The van der Waals surface area contributed by atoms with Gasteiger partial charge in [0.1, 0.15) is 4.90 Å². The Morgan fingerprint density at radius 1 is 1.15 bits per heavy atom. The molecule has 0 aliphatic carbocycles. The van der Waals surface area contributed by atoms with Crippen LogP contribution in [0.5, 0.6) is 0 Å². The summed E-state index contributed by atoms with van der Waals surface area (Å²) in [6.07, 6.45) is 0. The molecule has 2 rings (SSSR count). The van der Waals surface area contributed by atoms with Crippen molar-refractivity contribution in [2.45, 2.75) is 31.3 Å². The number of benzene rings is 1. The number of hydrogen-bond acceptors (Lipinski definition) is 4. The van der Waals surface area contributed by atoms with Gasteiger partial charge >= 0.3 is 0 Å². The Hall–Kier alpha value is -1.37. The standard InChI is InChI=1S/C14H18N2O2S2/c1-11(2)15-10-13-14(8-9-19-13)20(17,18)16-12-6-4-3-5-7-12/h3-9,11,15-16H,10H2,1-2H3. The number of sulfonamides is 1. The number of para-hydroxylation sites is 1. The van der Waals surface area contributed by atoms with E-state index in [1.807, 2.05) is 19.9 Å². The lowest BCUT2D eigenvalue weighted by Crippen LogP contribution is -2.23. The van der Waals surface area contributed by atoms with Crippen molar-refractivity contribution in [3.8, 4) is 0 Å². The van der Waals surface area contributed by atoms with Gasteiger partial charge in [-0.05, 0) is 23.6 Å². The van der Waals surface area contributed by atoms with E-state index < -0.39 is 10.0 Å². The summed E-state index contributed by atoms with van der Waals surface area (Å²) in [4.78, 5) is 1.17. The third-order valence-electron chi connectivity index (χ3n) is 2.69. The predicted molar refractivity (Wildman–Crippen MR) is 83.5 cm³/mol. The molecule has 1 heterocycles. The maximum Gasteiger partial charge on any atom is 0.263 e. The molecule has 0 saturated carbocycles. The second-order valence-electron chi connectivity index (χ2n) is 4.72. The van der Waals surface area contributed by atoms with Gasteiger partial charge in [0, 0.05) is 23.2 Å². The first-order valence-corrected chi connectivity index (χ1v) is 8.73. The molecule has 2 N–H and O–H groups in total. The predicted octanol–water partition coefficient (Wildman–Crippen LogP) is 3.05. The Morgan fingerprint density at radius 2 is 1.85 bits per heavy atom. The first-order valence-electron chi connectivity index (χ1n) is 6.36. The van der Waals surface area contributed by atoms with Gasteiger partial charge in [0.15, 0.2) is 0 Å². The van der Waals surface area contributed by atoms with E-state index >= 15 is 0 Å². The molecule has 0 spiro atoms. The van der Waals surface area contributed by atoms with Crippen LogP contribution in [-0.2, 0) is 16.6 Å². The third-order valence-corrected chi connectivity index (χ3v) is 5.21. The van der Waals surface area contributed by atoms with Gasteiger partial charge in [0.25, 0.3) is 10.0 Å². The van der Waals surface area contributed by atoms with E-state index in [1.165, 1.54) is 11.3 Å². The molecule has 0 aliphatic heterocycles. The van der Waals surface area contributed by atoms with Crippen LogP contribution in [0.2, 0.25) is 0 Å². The molecule has 0 unspecified atom stereocenters. The van der Waals surface area contributed by atoms with Crippen LogP contribution in [0.4, 0.5) is 5.69 Å². The molecule has 6 heteroatoms. The van der Waals surface area contributed by atoms with E-state index in [1.54, 1.807) is 35.7 Å². The van der Waals surface area contributed by atoms with E-state index in [9.17, 15) is 8.42 Å². The quantitative estimate of drug-likeness (QED) is 0.862. The highest BCUT2D eigenvalue weighted by molar-refractivity contribution is 7.93. The van der Waals surface area contributed by atoms with Gasteiger partial charge in [-0.1, -0.05) is 32.0 Å². The Morgan fingerprint density at radius 3 is 2.50 bits per heavy atom. The zero-order chi connectivity index (χ0) is 14.6. The van der Waals surface area contributed by atoms with Crippen molar-refractivity contribution in [3.05, 3.63) is 46.7 Å². The Kier molecular flexibility index (Phi) is 4.80. The third kappa shape index (κ3) is 3.82. The molecule has 0 saturated heterocycles. The fourth-order valence-corrected chi connectivity index (χ4v) is 4.16. The van der Waals surface area contributed by atoms with Gasteiger partial charge in [-0.25, -0.2) is 8.42 Å². The molecule has 0 atom stereocenters. The van der Waals surface area contributed by atoms with Crippen LogP contribution in [0.3, 0.4) is 0 Å². The summed E-state index contributed by atoms with van der Waals surface area (Å²) in [5, 5.41) is 5.04. The van der Waals surface area contributed by atoms with Crippen LogP contribution in [0.25, 0.3) is 0 Å². The molecule has 0 aliphatic rings. The molecule has 0 bridgehead atoms. The summed E-state index contributed by atoms with van der Waals surface area (Å²) in [6.45, 7) is 4.62. The Labute approximate surface area is 123 Å². The molecule has 0 amide bonds. The molecular formula is C14H18N2O2S2. The number of nitrogens with one attached hydrogen (secondary N) is 2. The van der Waals surface area contributed by atoms with E-state index in [4.69, 9.17) is 0 Å². The van der Waals surface area contributed by atoms with Gasteiger partial charge < -0.3 is 5.32 Å². The van der Waals surface area contributed by atoms with Crippen molar-refractivity contribution < 1.29 is 8.42 Å². The van der Waals surface area contributed by atoms with Crippen molar-refractivity contribution in [1.29, 1.82) is 0 Å². The highest BCUT2D eigenvalue weighted by Crippen LogP contribution is 2.24. The fourth-order valence-electron chi connectivity index (χ4n) is 1.71. The molecule has 0 radical (unpaired) electrons. The molecule has 2 aromatic rings. The van der Waals surface area contributed by atoms with Crippen LogP contribution < -0.4 is 10.0 Å². The van der Waals surface area contributed by atoms with Crippen molar-refractivity contribution in [1.82, 2.24) is 5.32 Å². The Bertz CT molecular complexity index is 649. The zero-order valence-electron chi connectivity index (χ0n) is 11.5. The summed E-state index contributed by atoms with van der Waals surface area (Å²) < 4.78 is 27.4. The first kappa shape index (κ1) is 15.0. The molecule has 108 valence electrons. The zero-order valence-corrected chi connectivity index (χ0v) is 13.1. The minimum atomic E-state index is -3.53. The van der Waals surface area contributed by atoms with E-state index in [-0.39, 0.29) is 0 Å². The minimum absolute atomic E-state index is 0.315. The normalized spacial score (nSPS) is 11.8. The maximum atomic E-state index is 12.4. The molecule has 1 aromatic heterocycles. The maximum absolute atomic E-state index is 12.4. The largest absolute Gasteiger partial charge is 0.310 e. The van der Waals surface area contributed by atoms with Gasteiger partial charge in [0.05, 0.1) is 0 Å². The number of thiophene rings is 1. The topological polar surface area (TPSA) is 58.2 Å². The van der Waals surface area contributed by atoms with Gasteiger partial charge in [0.2, 0.25) is 0 Å². The molecule has 4 nitrogen and oxygen atoms in total. The first-order chi connectivity index (χ1) is 9.49. The van der Waals surface area contributed by atoms with E-state index in [2.05, 4.69) is 10.0 Å². The summed E-state index contributed by atoms with van der Waals surface area (Å²) in [5.41, 5.74) is 0.571.